The van der Waals surface area contributed by atoms with Crippen LogP contribution >= 0.6 is 0 Å². The van der Waals surface area contributed by atoms with E-state index in [0.717, 1.165) is 19.3 Å². The Morgan fingerprint density at radius 1 is 1.24 bits per heavy atom. The number of aliphatic hydroxyl groups is 1. The number of ether oxygens (including phenoxy) is 2. The van der Waals surface area contributed by atoms with Gasteiger partial charge in [-0.05, 0) is 46.5 Å². The molecule has 0 bridgehead atoms. The van der Waals surface area contributed by atoms with Crippen LogP contribution in [0.15, 0.2) is 12.2 Å². The molecule has 5 atom stereocenters. The zero-order chi connectivity index (χ0) is 25.1. The smallest absolute Gasteiger partial charge is 0.408 e. The van der Waals surface area contributed by atoms with E-state index in [9.17, 15) is 24.3 Å². The first-order valence-corrected chi connectivity index (χ1v) is 12.0. The molecule has 1 aliphatic carbocycles. The van der Waals surface area contributed by atoms with Crippen LogP contribution in [0.2, 0.25) is 0 Å². The van der Waals surface area contributed by atoms with E-state index in [1.807, 2.05) is 12.2 Å². The highest BCUT2D eigenvalue weighted by Gasteiger charge is 2.62. The lowest BCUT2D eigenvalue weighted by atomic mass is 10.0. The van der Waals surface area contributed by atoms with E-state index in [0.29, 0.717) is 19.3 Å². The number of amides is 3. The second-order valence-electron chi connectivity index (χ2n) is 10.4. The monoisotopic (exact) mass is 479 g/mol. The van der Waals surface area contributed by atoms with Crippen LogP contribution in [0.5, 0.6) is 0 Å². The Morgan fingerprint density at radius 2 is 1.97 bits per heavy atom. The molecule has 0 spiro atoms. The summed E-state index contributed by atoms with van der Waals surface area (Å²) in [6.45, 7) is 5.17. The molecule has 190 valence electrons. The molecule has 0 radical (unpaired) electrons. The number of rotatable bonds is 2. The van der Waals surface area contributed by atoms with Crippen molar-refractivity contribution in [2.75, 3.05) is 13.7 Å². The van der Waals surface area contributed by atoms with E-state index < -0.39 is 53.2 Å². The van der Waals surface area contributed by atoms with Crippen molar-refractivity contribution in [1.82, 2.24) is 15.5 Å². The van der Waals surface area contributed by atoms with Crippen LogP contribution in [0.3, 0.4) is 0 Å². The van der Waals surface area contributed by atoms with E-state index in [-0.39, 0.29) is 18.9 Å². The van der Waals surface area contributed by atoms with Gasteiger partial charge in [0.25, 0.3) is 0 Å². The molecule has 2 aliphatic heterocycles. The topological polar surface area (TPSA) is 134 Å². The second kappa shape index (κ2) is 10.3. The number of aliphatic hydroxyl groups excluding tert-OH is 1. The summed E-state index contributed by atoms with van der Waals surface area (Å²) < 4.78 is 10.3. The minimum Gasteiger partial charge on any atom is -0.467 e. The Balaban J connectivity index is 1.84. The van der Waals surface area contributed by atoms with Gasteiger partial charge in [0, 0.05) is 18.9 Å². The number of carbonyl (C=O) groups excluding carboxylic acids is 4. The summed E-state index contributed by atoms with van der Waals surface area (Å²) in [4.78, 5) is 53.0. The first-order chi connectivity index (χ1) is 16.0. The number of carbonyl (C=O) groups is 4. The minimum absolute atomic E-state index is 0.0298. The number of methoxy groups -OCH3 is 1. The fourth-order valence-corrected chi connectivity index (χ4v) is 4.70. The highest BCUT2D eigenvalue weighted by molar-refractivity contribution is 5.96. The average molecular weight is 480 g/mol. The van der Waals surface area contributed by atoms with E-state index in [1.165, 1.54) is 12.0 Å². The van der Waals surface area contributed by atoms with Gasteiger partial charge in [-0.1, -0.05) is 25.0 Å². The van der Waals surface area contributed by atoms with Gasteiger partial charge in [0.1, 0.15) is 23.2 Å². The lowest BCUT2D eigenvalue weighted by Gasteiger charge is -2.30. The van der Waals surface area contributed by atoms with Crippen molar-refractivity contribution in [2.45, 2.75) is 95.0 Å². The van der Waals surface area contributed by atoms with Gasteiger partial charge in [0.15, 0.2) is 0 Å². The van der Waals surface area contributed by atoms with E-state index in [2.05, 4.69) is 10.6 Å². The molecular weight excluding hydrogens is 442 g/mol. The maximum Gasteiger partial charge on any atom is 0.408 e. The predicted octanol–water partition coefficient (Wildman–Crippen LogP) is 1.41. The molecule has 0 aromatic carbocycles. The number of esters is 1. The molecule has 34 heavy (non-hydrogen) atoms. The number of nitrogens with one attached hydrogen (secondary N) is 2. The molecule has 3 aliphatic rings. The number of nitrogens with zero attached hydrogens (tertiary/aromatic N) is 1. The van der Waals surface area contributed by atoms with Crippen LogP contribution in [0.4, 0.5) is 4.79 Å². The predicted molar refractivity (Wildman–Crippen MR) is 123 cm³/mol. The standard InChI is InChI=1S/C24H37N3O7/c1-23(2,3)34-22(32)25-17-11-9-7-5-6-8-10-15-13-24(15,21(31)33-4)26-19(29)18-12-16(28)14-27(18)20(17)30/h8,10,15-18,28H,5-7,9,11-14H2,1-4H3,(H,25,32)(H,26,29)/b10-8+. The maximum atomic E-state index is 13.5. The SMILES string of the molecule is COC(=O)C12CC1/C=C/CCCCCC(NC(=O)OC(C)(C)C)C(=O)N1CC(O)CC1C(=O)N2. The molecular formula is C24H37N3O7. The van der Waals surface area contributed by atoms with Crippen LogP contribution in [0, 0.1) is 5.92 Å². The quantitative estimate of drug-likeness (QED) is 0.403. The lowest BCUT2D eigenvalue weighted by molar-refractivity contribution is -0.148. The summed E-state index contributed by atoms with van der Waals surface area (Å²) in [5, 5.41) is 15.7. The fourth-order valence-electron chi connectivity index (χ4n) is 4.70. The Labute approximate surface area is 200 Å². The normalized spacial score (nSPS) is 33.4. The van der Waals surface area contributed by atoms with Crippen molar-refractivity contribution >= 4 is 23.9 Å². The molecule has 1 saturated carbocycles. The summed E-state index contributed by atoms with van der Waals surface area (Å²) in [6.07, 6.45) is 6.45. The van der Waals surface area contributed by atoms with Crippen LogP contribution in [0.25, 0.3) is 0 Å². The fraction of sp³-hybridized carbons (Fsp3) is 0.750. The first-order valence-electron chi connectivity index (χ1n) is 12.0. The summed E-state index contributed by atoms with van der Waals surface area (Å²) in [7, 11) is 1.28. The molecule has 3 rings (SSSR count). The molecule has 2 heterocycles. The summed E-state index contributed by atoms with van der Waals surface area (Å²) in [5.41, 5.74) is -1.88. The Morgan fingerprint density at radius 3 is 2.65 bits per heavy atom. The van der Waals surface area contributed by atoms with Gasteiger partial charge in [0.05, 0.1) is 13.2 Å². The van der Waals surface area contributed by atoms with E-state index in [4.69, 9.17) is 9.47 Å². The van der Waals surface area contributed by atoms with Gasteiger partial charge >= 0.3 is 12.1 Å². The molecule has 0 aromatic rings. The van der Waals surface area contributed by atoms with Crippen molar-refractivity contribution < 1.29 is 33.8 Å². The zero-order valence-electron chi connectivity index (χ0n) is 20.5. The third-order valence-electron chi connectivity index (χ3n) is 6.50. The number of fused-ring (bicyclic) bond motifs is 2. The highest BCUT2D eigenvalue weighted by Crippen LogP contribution is 2.46. The molecule has 3 N–H and O–H groups in total. The number of alkyl carbamates (subject to hydrolysis) is 1. The highest BCUT2D eigenvalue weighted by atomic mass is 16.6. The van der Waals surface area contributed by atoms with E-state index in [1.54, 1.807) is 20.8 Å². The van der Waals surface area contributed by atoms with Crippen LogP contribution in [-0.4, -0.2) is 76.9 Å². The minimum atomic E-state index is -1.15. The number of hydrogen-bond donors (Lipinski definition) is 3. The third kappa shape index (κ3) is 6.08. The van der Waals surface area contributed by atoms with Gasteiger partial charge in [-0.2, -0.15) is 0 Å². The van der Waals surface area contributed by atoms with Crippen molar-refractivity contribution in [3.63, 3.8) is 0 Å². The summed E-state index contributed by atoms with van der Waals surface area (Å²) >= 11 is 0. The number of allylic oxidation sites excluding steroid dienone is 1. The molecule has 0 aromatic heterocycles. The lowest BCUT2D eigenvalue weighted by Crippen LogP contribution is -2.56. The van der Waals surface area contributed by atoms with Crippen LogP contribution < -0.4 is 10.6 Å². The first kappa shape index (κ1) is 26.0. The van der Waals surface area contributed by atoms with Gasteiger partial charge in [0.2, 0.25) is 11.8 Å². The third-order valence-corrected chi connectivity index (χ3v) is 6.50. The maximum absolute atomic E-state index is 13.5. The van der Waals surface area contributed by atoms with Crippen molar-refractivity contribution in [3.05, 3.63) is 12.2 Å². The molecule has 10 heteroatoms. The van der Waals surface area contributed by atoms with Crippen molar-refractivity contribution in [1.29, 1.82) is 0 Å². The number of hydrogen-bond acceptors (Lipinski definition) is 7. The molecule has 10 nitrogen and oxygen atoms in total. The average Bonchev–Trinajstić information content (AvgIpc) is 3.29. The zero-order valence-corrected chi connectivity index (χ0v) is 20.5. The Bertz CT molecular complexity index is 837. The molecule has 1 saturated heterocycles. The second-order valence-corrected chi connectivity index (χ2v) is 10.4. The molecule has 2 fully saturated rings. The summed E-state index contributed by atoms with van der Waals surface area (Å²) in [5.74, 6) is -1.67. The Hall–Kier alpha value is -2.62. The molecule has 3 amide bonds. The Kier molecular flexibility index (Phi) is 7.90. The van der Waals surface area contributed by atoms with Gasteiger partial charge < -0.3 is 30.1 Å². The summed E-state index contributed by atoms with van der Waals surface area (Å²) in [6, 6.07) is -1.85. The van der Waals surface area contributed by atoms with E-state index >= 15 is 0 Å². The largest absolute Gasteiger partial charge is 0.467 e. The van der Waals surface area contributed by atoms with Gasteiger partial charge in [-0.15, -0.1) is 0 Å². The van der Waals surface area contributed by atoms with Gasteiger partial charge in [-0.3, -0.25) is 9.59 Å². The van der Waals surface area contributed by atoms with Crippen molar-refractivity contribution in [2.24, 2.45) is 5.92 Å². The van der Waals surface area contributed by atoms with Crippen LogP contribution in [-0.2, 0) is 23.9 Å². The van der Waals surface area contributed by atoms with Gasteiger partial charge in [-0.25, -0.2) is 9.59 Å². The van der Waals surface area contributed by atoms with Crippen LogP contribution in [0.1, 0.15) is 65.7 Å². The van der Waals surface area contributed by atoms with Crippen molar-refractivity contribution in [3.8, 4) is 0 Å². The molecule has 5 unspecified atom stereocenters.